The van der Waals surface area contributed by atoms with Gasteiger partial charge in [0, 0.05) is 18.0 Å². The summed E-state index contributed by atoms with van der Waals surface area (Å²) in [5.74, 6) is -0.128. The highest BCUT2D eigenvalue weighted by atomic mass is 16.5. The van der Waals surface area contributed by atoms with Crippen LogP contribution in [-0.4, -0.2) is 18.6 Å². The number of hydrogen-bond acceptors (Lipinski definition) is 3. The van der Waals surface area contributed by atoms with Crippen molar-refractivity contribution in [3.05, 3.63) is 23.8 Å². The first kappa shape index (κ1) is 17.5. The lowest BCUT2D eigenvalue weighted by molar-refractivity contribution is -0.126. The fourth-order valence-corrected chi connectivity index (χ4v) is 2.05. The van der Waals surface area contributed by atoms with Crippen molar-refractivity contribution in [1.82, 2.24) is 0 Å². The van der Waals surface area contributed by atoms with Gasteiger partial charge in [0.1, 0.15) is 6.10 Å². The average molecular weight is 292 g/mol. The van der Waals surface area contributed by atoms with Crippen LogP contribution in [0.1, 0.15) is 51.5 Å². The molecule has 0 radical (unpaired) electrons. The van der Waals surface area contributed by atoms with E-state index in [0.717, 1.165) is 24.1 Å². The van der Waals surface area contributed by atoms with Gasteiger partial charge in [-0.25, -0.2) is 0 Å². The molecule has 0 spiro atoms. The Morgan fingerprint density at radius 2 is 2.00 bits per heavy atom. The molecular formula is C17H28N2O2. The van der Waals surface area contributed by atoms with Crippen molar-refractivity contribution < 1.29 is 9.53 Å². The summed E-state index contributed by atoms with van der Waals surface area (Å²) in [4.78, 5) is 12.1. The van der Waals surface area contributed by atoms with E-state index in [1.807, 2.05) is 19.1 Å². The summed E-state index contributed by atoms with van der Waals surface area (Å²) in [6, 6.07) is 5.48. The maximum atomic E-state index is 12.1. The molecule has 4 nitrogen and oxygen atoms in total. The Morgan fingerprint density at radius 3 is 2.71 bits per heavy atom. The number of rotatable bonds is 9. The molecule has 1 rings (SSSR count). The van der Waals surface area contributed by atoms with Crippen molar-refractivity contribution in [2.45, 2.75) is 59.0 Å². The van der Waals surface area contributed by atoms with Crippen molar-refractivity contribution in [2.24, 2.45) is 0 Å². The molecule has 0 aliphatic heterocycles. The Kier molecular flexibility index (Phi) is 7.83. The van der Waals surface area contributed by atoms with Crippen LogP contribution in [0.2, 0.25) is 0 Å². The predicted molar refractivity (Wildman–Crippen MR) is 88.4 cm³/mol. The monoisotopic (exact) mass is 292 g/mol. The third kappa shape index (κ3) is 6.63. The topological polar surface area (TPSA) is 64.3 Å². The van der Waals surface area contributed by atoms with Gasteiger partial charge in [-0.3, -0.25) is 4.79 Å². The molecule has 0 aliphatic rings. The smallest absolute Gasteiger partial charge is 0.253 e. The Bertz CT molecular complexity index is 446. The zero-order chi connectivity index (χ0) is 15.7. The third-order valence-corrected chi connectivity index (χ3v) is 3.50. The number of carbonyl (C=O) groups excluding carboxylic acids is 1. The minimum absolute atomic E-state index is 0.128. The zero-order valence-corrected chi connectivity index (χ0v) is 13.4. The summed E-state index contributed by atoms with van der Waals surface area (Å²) in [6.45, 7) is 6.55. The highest BCUT2D eigenvalue weighted by Crippen LogP contribution is 2.18. The SMILES string of the molecule is CCCCCCCOC(C)C(=O)Nc1cc(N)ccc1C. The summed E-state index contributed by atoms with van der Waals surface area (Å²) in [5, 5.41) is 2.87. The number of nitrogens with two attached hydrogens (primary N) is 1. The molecule has 0 fully saturated rings. The van der Waals surface area contributed by atoms with Gasteiger partial charge in [-0.05, 0) is 38.0 Å². The summed E-state index contributed by atoms with van der Waals surface area (Å²) >= 11 is 0. The first-order valence-corrected chi connectivity index (χ1v) is 7.83. The van der Waals surface area contributed by atoms with Crippen molar-refractivity contribution >= 4 is 17.3 Å². The van der Waals surface area contributed by atoms with Crippen molar-refractivity contribution in [2.75, 3.05) is 17.7 Å². The number of carbonyl (C=O) groups is 1. The molecule has 4 heteroatoms. The van der Waals surface area contributed by atoms with Gasteiger partial charge in [-0.15, -0.1) is 0 Å². The molecule has 0 aromatic heterocycles. The van der Waals surface area contributed by atoms with Crippen LogP contribution in [-0.2, 0) is 9.53 Å². The standard InChI is InChI=1S/C17H28N2O2/c1-4-5-6-7-8-11-21-14(3)17(20)19-16-12-15(18)10-9-13(16)2/h9-10,12,14H,4-8,11,18H2,1-3H3,(H,19,20). The molecule has 118 valence electrons. The zero-order valence-electron chi connectivity index (χ0n) is 13.4. The van der Waals surface area contributed by atoms with Crippen LogP contribution >= 0.6 is 0 Å². The normalized spacial score (nSPS) is 12.1. The van der Waals surface area contributed by atoms with E-state index in [9.17, 15) is 4.79 Å². The fourth-order valence-electron chi connectivity index (χ4n) is 2.05. The highest BCUT2D eigenvalue weighted by Gasteiger charge is 2.14. The van der Waals surface area contributed by atoms with Gasteiger partial charge in [-0.2, -0.15) is 0 Å². The summed E-state index contributed by atoms with van der Waals surface area (Å²) in [6.07, 6.45) is 5.47. The number of nitrogen functional groups attached to an aromatic ring is 1. The van der Waals surface area contributed by atoms with Crippen LogP contribution in [0.4, 0.5) is 11.4 Å². The molecule has 1 unspecified atom stereocenters. The van der Waals surface area contributed by atoms with E-state index in [4.69, 9.17) is 10.5 Å². The minimum atomic E-state index is -0.447. The number of nitrogens with one attached hydrogen (secondary N) is 1. The minimum Gasteiger partial charge on any atom is -0.399 e. The van der Waals surface area contributed by atoms with Gasteiger partial charge in [0.2, 0.25) is 0 Å². The summed E-state index contributed by atoms with van der Waals surface area (Å²) in [5.41, 5.74) is 8.11. The number of hydrogen-bond donors (Lipinski definition) is 2. The van der Waals surface area contributed by atoms with Crippen LogP contribution in [0.25, 0.3) is 0 Å². The number of unbranched alkanes of at least 4 members (excludes halogenated alkanes) is 4. The fraction of sp³-hybridized carbons (Fsp3) is 0.588. The van der Waals surface area contributed by atoms with E-state index in [2.05, 4.69) is 12.2 Å². The molecule has 21 heavy (non-hydrogen) atoms. The second-order valence-electron chi connectivity index (χ2n) is 5.49. The van der Waals surface area contributed by atoms with Gasteiger partial charge in [0.25, 0.3) is 5.91 Å². The Hall–Kier alpha value is -1.55. The quantitative estimate of drug-likeness (QED) is 0.536. The molecule has 0 aliphatic carbocycles. The van der Waals surface area contributed by atoms with Gasteiger partial charge in [-0.1, -0.05) is 38.7 Å². The Morgan fingerprint density at radius 1 is 1.29 bits per heavy atom. The van der Waals surface area contributed by atoms with E-state index < -0.39 is 6.10 Å². The van der Waals surface area contributed by atoms with Crippen molar-refractivity contribution in [3.63, 3.8) is 0 Å². The van der Waals surface area contributed by atoms with Gasteiger partial charge >= 0.3 is 0 Å². The van der Waals surface area contributed by atoms with Gasteiger partial charge in [0.05, 0.1) is 0 Å². The molecule has 0 saturated carbocycles. The van der Waals surface area contributed by atoms with Crippen molar-refractivity contribution in [3.8, 4) is 0 Å². The number of ether oxygens (including phenoxy) is 1. The van der Waals surface area contributed by atoms with Crippen LogP contribution in [0.15, 0.2) is 18.2 Å². The Balaban J connectivity index is 2.32. The number of anilines is 2. The second-order valence-corrected chi connectivity index (χ2v) is 5.49. The van der Waals surface area contributed by atoms with Crippen LogP contribution in [0.3, 0.4) is 0 Å². The first-order chi connectivity index (χ1) is 10.0. The third-order valence-electron chi connectivity index (χ3n) is 3.50. The lowest BCUT2D eigenvalue weighted by Crippen LogP contribution is -2.28. The molecule has 0 heterocycles. The van der Waals surface area contributed by atoms with E-state index in [-0.39, 0.29) is 5.91 Å². The van der Waals surface area contributed by atoms with Gasteiger partial charge in [0.15, 0.2) is 0 Å². The van der Waals surface area contributed by atoms with Crippen LogP contribution in [0.5, 0.6) is 0 Å². The van der Waals surface area contributed by atoms with Gasteiger partial charge < -0.3 is 15.8 Å². The number of amides is 1. The molecule has 1 aromatic carbocycles. The molecule has 0 saturated heterocycles. The summed E-state index contributed by atoms with van der Waals surface area (Å²) < 4.78 is 5.58. The largest absolute Gasteiger partial charge is 0.399 e. The second kappa shape index (κ2) is 9.40. The molecular weight excluding hydrogens is 264 g/mol. The number of benzene rings is 1. The average Bonchev–Trinajstić information content (AvgIpc) is 2.46. The van der Waals surface area contributed by atoms with Crippen LogP contribution < -0.4 is 11.1 Å². The van der Waals surface area contributed by atoms with E-state index in [0.29, 0.717) is 12.3 Å². The van der Waals surface area contributed by atoms with Crippen LogP contribution in [0, 0.1) is 6.92 Å². The molecule has 3 N–H and O–H groups in total. The van der Waals surface area contributed by atoms with Crippen molar-refractivity contribution in [1.29, 1.82) is 0 Å². The lowest BCUT2D eigenvalue weighted by Gasteiger charge is -2.15. The Labute approximate surface area is 128 Å². The maximum Gasteiger partial charge on any atom is 0.253 e. The first-order valence-electron chi connectivity index (χ1n) is 7.83. The summed E-state index contributed by atoms with van der Waals surface area (Å²) in [7, 11) is 0. The lowest BCUT2D eigenvalue weighted by atomic mass is 10.1. The highest BCUT2D eigenvalue weighted by molar-refractivity contribution is 5.95. The molecule has 1 aromatic rings. The van der Waals surface area contributed by atoms with E-state index in [1.54, 1.807) is 13.0 Å². The number of aryl methyl sites for hydroxylation is 1. The molecule has 1 atom stereocenters. The van der Waals surface area contributed by atoms with E-state index >= 15 is 0 Å². The van der Waals surface area contributed by atoms with E-state index in [1.165, 1.54) is 19.3 Å². The molecule has 0 bridgehead atoms. The molecule has 1 amide bonds. The maximum absolute atomic E-state index is 12.1. The predicted octanol–water partition coefficient (Wildman–Crippen LogP) is 3.89.